The second kappa shape index (κ2) is 10.2. The van der Waals surface area contributed by atoms with Crippen LogP contribution in [0.1, 0.15) is 12.0 Å². The van der Waals surface area contributed by atoms with E-state index in [4.69, 9.17) is 11.6 Å². The lowest BCUT2D eigenvalue weighted by Gasteiger charge is -2.23. The van der Waals surface area contributed by atoms with Gasteiger partial charge in [-0.15, -0.1) is 17.9 Å². The largest absolute Gasteiger partial charge is 0.481 e. The first kappa shape index (κ1) is 21.7. The number of hydrogen-bond donors (Lipinski definition) is 1. The molecule has 2 aromatic carbocycles. The highest BCUT2D eigenvalue weighted by Gasteiger charge is 2.29. The molecule has 1 amide bonds. The fourth-order valence-corrected chi connectivity index (χ4v) is 4.22. The predicted octanol–water partition coefficient (Wildman–Crippen LogP) is 5.32. The minimum Gasteiger partial charge on any atom is -0.481 e. The Bertz CT molecular complexity index is 1040. The summed E-state index contributed by atoms with van der Waals surface area (Å²) in [6.45, 7) is 3.97. The first-order valence-electron chi connectivity index (χ1n) is 9.38. The van der Waals surface area contributed by atoms with E-state index in [0.29, 0.717) is 22.3 Å². The molecule has 30 heavy (non-hydrogen) atoms. The molecule has 0 saturated heterocycles. The molecule has 154 valence electrons. The Morgan fingerprint density at radius 2 is 1.87 bits per heavy atom. The molecule has 0 aliphatic rings. The second-order valence-electron chi connectivity index (χ2n) is 6.72. The Kier molecular flexibility index (Phi) is 7.38. The van der Waals surface area contributed by atoms with E-state index < -0.39 is 11.9 Å². The maximum atomic E-state index is 13.3. The number of carbonyl (C=O) groups excluding carboxylic acids is 1. The number of aromatic nitrogens is 1. The summed E-state index contributed by atoms with van der Waals surface area (Å²) >= 11 is 7.58. The number of carboxylic acids is 1. The third-order valence-corrected chi connectivity index (χ3v) is 5.74. The number of rotatable bonds is 9. The number of nitrogens with zero attached hydrogens (tertiary/aromatic N) is 2. The molecule has 0 spiro atoms. The van der Waals surface area contributed by atoms with Gasteiger partial charge >= 0.3 is 5.97 Å². The zero-order chi connectivity index (χ0) is 21.5. The smallest absolute Gasteiger partial charge is 0.304 e. The van der Waals surface area contributed by atoms with Crippen molar-refractivity contribution in [2.75, 3.05) is 11.4 Å². The second-order valence-corrected chi connectivity index (χ2v) is 7.96. The summed E-state index contributed by atoms with van der Waals surface area (Å²) in [6.07, 6.45) is 1.68. The van der Waals surface area contributed by atoms with Crippen LogP contribution >= 0.6 is 22.9 Å². The van der Waals surface area contributed by atoms with Crippen molar-refractivity contribution in [3.63, 3.8) is 0 Å². The van der Waals surface area contributed by atoms with Crippen LogP contribution in [0.4, 0.5) is 5.13 Å². The molecule has 5 nitrogen and oxygen atoms in total. The summed E-state index contributed by atoms with van der Waals surface area (Å²) in [7, 11) is 0. The molecule has 0 saturated carbocycles. The zero-order valence-electron chi connectivity index (χ0n) is 16.2. The molecule has 1 unspecified atom stereocenters. The number of halogens is 1. The van der Waals surface area contributed by atoms with Gasteiger partial charge in [-0.1, -0.05) is 66.2 Å². The van der Waals surface area contributed by atoms with Crippen LogP contribution in [0.5, 0.6) is 0 Å². The lowest BCUT2D eigenvalue weighted by atomic mass is 9.95. The highest BCUT2D eigenvalue weighted by molar-refractivity contribution is 7.14. The van der Waals surface area contributed by atoms with E-state index in [2.05, 4.69) is 11.6 Å². The molecule has 1 heterocycles. The van der Waals surface area contributed by atoms with Crippen LogP contribution in [0.3, 0.4) is 0 Å². The van der Waals surface area contributed by atoms with Crippen LogP contribution in [0.2, 0.25) is 5.02 Å². The normalized spacial score (nSPS) is 11.6. The molecule has 3 rings (SSSR count). The molecular weight excluding hydrogens is 420 g/mol. The summed E-state index contributed by atoms with van der Waals surface area (Å²) in [5.74, 6) is -2.02. The van der Waals surface area contributed by atoms with Crippen molar-refractivity contribution in [3.05, 3.63) is 83.2 Å². The van der Waals surface area contributed by atoms with E-state index in [1.54, 1.807) is 12.1 Å². The van der Waals surface area contributed by atoms with Crippen LogP contribution < -0.4 is 4.90 Å². The predicted molar refractivity (Wildman–Crippen MR) is 121 cm³/mol. The fraction of sp³-hybridized carbons (Fsp3) is 0.174. The van der Waals surface area contributed by atoms with Crippen LogP contribution in [0, 0.1) is 5.92 Å². The quantitative estimate of drug-likeness (QED) is 0.457. The number of aliphatic carboxylic acids is 1. The standard InChI is InChI=1S/C23H21ClN2O3S/c1-2-12-26(23-25-20(15-30-23)18-10-6-7-11-19(18)24)22(29)17(14-21(27)28)13-16-8-4-3-5-9-16/h2-11,15,17H,1,12-14H2,(H,27,28). The third kappa shape index (κ3) is 5.34. The molecule has 1 atom stereocenters. The molecule has 1 N–H and O–H groups in total. The average molecular weight is 441 g/mol. The number of carboxylic acid groups (broad SMARTS) is 1. The van der Waals surface area contributed by atoms with Gasteiger partial charge in [0.05, 0.1) is 18.0 Å². The summed E-state index contributed by atoms with van der Waals surface area (Å²) in [6, 6.07) is 16.8. The summed E-state index contributed by atoms with van der Waals surface area (Å²) in [5, 5.41) is 12.3. The average Bonchev–Trinajstić information content (AvgIpc) is 3.21. The molecule has 0 bridgehead atoms. The Labute approximate surface area is 184 Å². The summed E-state index contributed by atoms with van der Waals surface area (Å²) in [5.41, 5.74) is 2.35. The van der Waals surface area contributed by atoms with E-state index >= 15 is 0 Å². The van der Waals surface area contributed by atoms with Gasteiger partial charge in [0.15, 0.2) is 5.13 Å². The first-order valence-corrected chi connectivity index (χ1v) is 10.6. The van der Waals surface area contributed by atoms with Crippen LogP contribution in [0.25, 0.3) is 11.3 Å². The Balaban J connectivity index is 1.89. The van der Waals surface area contributed by atoms with E-state index in [9.17, 15) is 14.7 Å². The van der Waals surface area contributed by atoms with E-state index in [1.165, 1.54) is 16.2 Å². The number of carbonyl (C=O) groups is 2. The van der Waals surface area contributed by atoms with Crippen molar-refractivity contribution in [2.24, 2.45) is 5.92 Å². The van der Waals surface area contributed by atoms with E-state index in [1.807, 2.05) is 53.9 Å². The maximum Gasteiger partial charge on any atom is 0.304 e. The minimum atomic E-state index is -1.02. The number of amides is 1. The zero-order valence-corrected chi connectivity index (χ0v) is 17.8. The highest BCUT2D eigenvalue weighted by Crippen LogP contribution is 2.32. The van der Waals surface area contributed by atoms with Gasteiger partial charge in [0.25, 0.3) is 0 Å². The van der Waals surface area contributed by atoms with Gasteiger partial charge in [-0.2, -0.15) is 0 Å². The summed E-state index contributed by atoms with van der Waals surface area (Å²) < 4.78 is 0. The molecule has 7 heteroatoms. The topological polar surface area (TPSA) is 70.5 Å². The van der Waals surface area contributed by atoms with Crippen molar-refractivity contribution in [1.29, 1.82) is 0 Å². The van der Waals surface area contributed by atoms with Gasteiger partial charge in [0.1, 0.15) is 0 Å². The van der Waals surface area contributed by atoms with Gasteiger partial charge in [0, 0.05) is 22.5 Å². The highest BCUT2D eigenvalue weighted by atomic mass is 35.5. The Morgan fingerprint density at radius 1 is 1.17 bits per heavy atom. The number of thiazole rings is 1. The van der Waals surface area contributed by atoms with Gasteiger partial charge < -0.3 is 5.11 Å². The molecule has 3 aromatic rings. The van der Waals surface area contributed by atoms with Gasteiger partial charge in [-0.3, -0.25) is 14.5 Å². The lowest BCUT2D eigenvalue weighted by molar-refractivity contribution is -0.140. The number of benzene rings is 2. The molecular formula is C23H21ClN2O3S. The Morgan fingerprint density at radius 3 is 2.53 bits per heavy atom. The molecule has 0 radical (unpaired) electrons. The van der Waals surface area contributed by atoms with Crippen molar-refractivity contribution in [1.82, 2.24) is 4.98 Å². The molecule has 0 aliphatic carbocycles. The minimum absolute atomic E-state index is 0.235. The molecule has 0 fully saturated rings. The van der Waals surface area contributed by atoms with Gasteiger partial charge in [-0.05, 0) is 18.1 Å². The van der Waals surface area contributed by atoms with Crippen molar-refractivity contribution >= 4 is 39.9 Å². The molecule has 1 aromatic heterocycles. The maximum absolute atomic E-state index is 13.3. The van der Waals surface area contributed by atoms with Crippen molar-refractivity contribution in [2.45, 2.75) is 12.8 Å². The van der Waals surface area contributed by atoms with Crippen LogP contribution in [-0.4, -0.2) is 28.5 Å². The monoisotopic (exact) mass is 440 g/mol. The van der Waals surface area contributed by atoms with Gasteiger partial charge in [-0.25, -0.2) is 4.98 Å². The Hall–Kier alpha value is -2.96. The van der Waals surface area contributed by atoms with Crippen molar-refractivity contribution < 1.29 is 14.7 Å². The lowest BCUT2D eigenvalue weighted by Crippen LogP contribution is -2.38. The number of hydrogen-bond acceptors (Lipinski definition) is 4. The SMILES string of the molecule is C=CCN(C(=O)C(CC(=O)O)Cc1ccccc1)c1nc(-c2ccccc2Cl)cs1. The van der Waals surface area contributed by atoms with Crippen LogP contribution in [0.15, 0.2) is 72.6 Å². The van der Waals surface area contributed by atoms with E-state index in [0.717, 1.165) is 11.1 Å². The van der Waals surface area contributed by atoms with Crippen LogP contribution in [-0.2, 0) is 16.0 Å². The third-order valence-electron chi connectivity index (χ3n) is 4.55. The van der Waals surface area contributed by atoms with Crippen molar-refractivity contribution in [3.8, 4) is 11.3 Å². The first-order chi connectivity index (χ1) is 14.5. The van der Waals surface area contributed by atoms with Gasteiger partial charge in [0.2, 0.25) is 5.91 Å². The molecule has 0 aliphatic heterocycles. The number of anilines is 1. The summed E-state index contributed by atoms with van der Waals surface area (Å²) in [4.78, 5) is 30.9. The van der Waals surface area contributed by atoms with E-state index in [-0.39, 0.29) is 18.9 Å². The fourth-order valence-electron chi connectivity index (χ4n) is 3.15.